The third-order valence-electron chi connectivity index (χ3n) is 6.08. The fraction of sp³-hybridized carbons (Fsp3) is 0.207. The van der Waals surface area contributed by atoms with Crippen LogP contribution in [0.2, 0.25) is 0 Å². The van der Waals surface area contributed by atoms with Crippen molar-refractivity contribution < 1.29 is 18.7 Å². The average molecular weight is 529 g/mol. The number of hydrogen-bond donors (Lipinski definition) is 3. The van der Waals surface area contributed by atoms with Crippen molar-refractivity contribution in [1.82, 2.24) is 5.32 Å². The van der Waals surface area contributed by atoms with E-state index in [-0.39, 0.29) is 11.7 Å². The molecule has 38 heavy (non-hydrogen) atoms. The molecule has 3 aromatic rings. The Bertz CT molecular complexity index is 1470. The molecule has 1 atom stereocenters. The zero-order valence-electron chi connectivity index (χ0n) is 21.5. The predicted octanol–water partition coefficient (Wildman–Crippen LogP) is 5.61. The lowest BCUT2D eigenvalue weighted by molar-refractivity contribution is -0.114. The normalized spacial score (nSPS) is 15.0. The van der Waals surface area contributed by atoms with Crippen molar-refractivity contribution in [2.45, 2.75) is 26.7 Å². The van der Waals surface area contributed by atoms with Gasteiger partial charge in [-0.15, -0.1) is 0 Å². The Morgan fingerprint density at radius 1 is 1.08 bits per heavy atom. The molecule has 0 radical (unpaired) electrons. The van der Waals surface area contributed by atoms with Gasteiger partial charge in [-0.1, -0.05) is 41.6 Å². The number of carbonyl (C=O) groups is 2. The number of anilines is 2. The van der Waals surface area contributed by atoms with Crippen molar-refractivity contribution in [3.63, 3.8) is 0 Å². The maximum atomic E-state index is 13.5. The van der Waals surface area contributed by atoms with E-state index in [0.29, 0.717) is 39.1 Å². The minimum Gasteiger partial charge on any atom is -0.495 e. The molecule has 0 saturated carbocycles. The summed E-state index contributed by atoms with van der Waals surface area (Å²) in [7, 11) is 1.53. The number of allylic oxidation sites excluding steroid dienone is 2. The second kappa shape index (κ2) is 11.8. The number of carbonyl (C=O) groups excluding carboxylic acids is 2. The quantitative estimate of drug-likeness (QED) is 0.348. The van der Waals surface area contributed by atoms with Crippen LogP contribution in [-0.4, -0.2) is 24.7 Å². The zero-order valence-corrected chi connectivity index (χ0v) is 22.4. The fourth-order valence-electron chi connectivity index (χ4n) is 4.28. The lowest BCUT2D eigenvalue weighted by Crippen LogP contribution is -2.31. The van der Waals surface area contributed by atoms with E-state index in [2.05, 4.69) is 22.0 Å². The number of furan rings is 1. The molecule has 0 fully saturated rings. The van der Waals surface area contributed by atoms with Crippen molar-refractivity contribution in [1.29, 1.82) is 5.26 Å². The first kappa shape index (κ1) is 26.6. The van der Waals surface area contributed by atoms with E-state index < -0.39 is 11.8 Å². The van der Waals surface area contributed by atoms with Gasteiger partial charge in [0.05, 0.1) is 53.0 Å². The molecule has 2 heterocycles. The van der Waals surface area contributed by atoms with Crippen LogP contribution in [0.1, 0.15) is 29.7 Å². The van der Waals surface area contributed by atoms with Crippen LogP contribution >= 0.6 is 11.8 Å². The third kappa shape index (κ3) is 5.76. The number of thioether (sulfide) groups is 1. The number of hydrogen-bond acceptors (Lipinski definition) is 7. The Morgan fingerprint density at radius 2 is 1.87 bits per heavy atom. The van der Waals surface area contributed by atoms with Crippen molar-refractivity contribution in [2.24, 2.45) is 0 Å². The van der Waals surface area contributed by atoms with E-state index in [9.17, 15) is 14.9 Å². The third-order valence-corrected chi connectivity index (χ3v) is 7.10. The van der Waals surface area contributed by atoms with Crippen molar-refractivity contribution in [2.75, 3.05) is 23.5 Å². The number of ether oxygens (including phenoxy) is 1. The first-order chi connectivity index (χ1) is 18.3. The molecule has 8 nitrogen and oxygen atoms in total. The van der Waals surface area contributed by atoms with Gasteiger partial charge in [-0.05, 0) is 56.7 Å². The summed E-state index contributed by atoms with van der Waals surface area (Å²) in [6.07, 6.45) is 1.50. The van der Waals surface area contributed by atoms with Crippen LogP contribution in [0.15, 0.2) is 87.1 Å². The van der Waals surface area contributed by atoms with Crippen LogP contribution < -0.4 is 20.7 Å². The molecule has 2 amide bonds. The number of nitrogens with zero attached hydrogens (tertiary/aromatic N) is 1. The smallest absolute Gasteiger partial charge is 0.254 e. The molecule has 0 aliphatic carbocycles. The SMILES string of the molecule is COc1ccccc1NC(=O)C1=C(C)NC(SCC(=O)Nc2ccc(C)cc2C)=C(C#N)[C@@H]1c1ccco1. The molecule has 3 N–H and O–H groups in total. The molecule has 4 rings (SSSR count). The van der Waals surface area contributed by atoms with Crippen LogP contribution in [0, 0.1) is 25.2 Å². The van der Waals surface area contributed by atoms with Gasteiger partial charge in [0.25, 0.3) is 5.91 Å². The fourth-order valence-corrected chi connectivity index (χ4v) is 5.17. The average Bonchev–Trinajstić information content (AvgIpc) is 3.43. The van der Waals surface area contributed by atoms with E-state index in [4.69, 9.17) is 9.15 Å². The first-order valence-corrected chi connectivity index (χ1v) is 12.9. The van der Waals surface area contributed by atoms with E-state index in [1.807, 2.05) is 38.1 Å². The van der Waals surface area contributed by atoms with Crippen molar-refractivity contribution in [3.8, 4) is 11.8 Å². The zero-order chi connectivity index (χ0) is 27.2. The van der Waals surface area contributed by atoms with Gasteiger partial charge in [-0.25, -0.2) is 0 Å². The van der Waals surface area contributed by atoms with Crippen LogP contribution in [0.5, 0.6) is 5.75 Å². The highest BCUT2D eigenvalue weighted by atomic mass is 32.2. The minimum absolute atomic E-state index is 0.0712. The first-order valence-electron chi connectivity index (χ1n) is 11.9. The summed E-state index contributed by atoms with van der Waals surface area (Å²) >= 11 is 1.20. The predicted molar refractivity (Wildman–Crippen MR) is 149 cm³/mol. The van der Waals surface area contributed by atoms with Gasteiger partial charge >= 0.3 is 0 Å². The highest BCUT2D eigenvalue weighted by Gasteiger charge is 2.36. The van der Waals surface area contributed by atoms with Gasteiger partial charge in [0.2, 0.25) is 5.91 Å². The topological polar surface area (TPSA) is 116 Å². The lowest BCUT2D eigenvalue weighted by atomic mass is 9.85. The summed E-state index contributed by atoms with van der Waals surface area (Å²) in [5.41, 5.74) is 4.51. The maximum absolute atomic E-state index is 13.5. The van der Waals surface area contributed by atoms with Gasteiger partial charge in [-0.3, -0.25) is 9.59 Å². The molecule has 0 bridgehead atoms. The van der Waals surface area contributed by atoms with Crippen molar-refractivity contribution in [3.05, 3.63) is 99.6 Å². The lowest BCUT2D eigenvalue weighted by Gasteiger charge is -2.28. The Balaban J connectivity index is 1.59. The second-order valence-corrected chi connectivity index (χ2v) is 9.76. The summed E-state index contributed by atoms with van der Waals surface area (Å²) in [6.45, 7) is 5.70. The largest absolute Gasteiger partial charge is 0.495 e. The van der Waals surface area contributed by atoms with Crippen LogP contribution in [0.25, 0.3) is 0 Å². The molecular weight excluding hydrogens is 500 g/mol. The molecular formula is C29H28N4O4S. The second-order valence-electron chi connectivity index (χ2n) is 8.78. The molecule has 1 aliphatic heterocycles. The molecule has 0 saturated heterocycles. The Morgan fingerprint density at radius 3 is 2.55 bits per heavy atom. The summed E-state index contributed by atoms with van der Waals surface area (Å²) in [6, 6.07) is 18.6. The minimum atomic E-state index is -0.754. The molecule has 9 heteroatoms. The number of amides is 2. The van der Waals surface area contributed by atoms with Gasteiger partial charge < -0.3 is 25.1 Å². The van der Waals surface area contributed by atoms with E-state index in [0.717, 1.165) is 16.8 Å². The molecule has 2 aromatic carbocycles. The standard InChI is InChI=1S/C29H28N4O4S/c1-17-11-12-21(18(2)14-17)32-25(34)16-38-29-20(15-30)27(24-10-7-13-37-24)26(19(3)31-29)28(35)33-22-8-5-6-9-23(22)36-4/h5-14,27,31H,16H2,1-4H3,(H,32,34)(H,33,35)/t27-/m1/s1. The Kier molecular flexibility index (Phi) is 8.24. The number of dihydropyridines is 1. The van der Waals surface area contributed by atoms with Crippen LogP contribution in [-0.2, 0) is 9.59 Å². The molecule has 1 aliphatic rings. The van der Waals surface area contributed by atoms with Gasteiger partial charge in [0.15, 0.2) is 0 Å². The van der Waals surface area contributed by atoms with E-state index in [1.54, 1.807) is 37.3 Å². The molecule has 0 spiro atoms. The summed E-state index contributed by atoms with van der Waals surface area (Å²) < 4.78 is 11.0. The molecule has 194 valence electrons. The maximum Gasteiger partial charge on any atom is 0.254 e. The number of aryl methyl sites for hydroxylation is 2. The van der Waals surface area contributed by atoms with Gasteiger partial charge in [0.1, 0.15) is 11.5 Å². The number of rotatable bonds is 8. The number of nitrogens with one attached hydrogen (secondary N) is 3. The highest BCUT2D eigenvalue weighted by Crippen LogP contribution is 2.41. The summed E-state index contributed by atoms with van der Waals surface area (Å²) in [5, 5.41) is 19.7. The van der Waals surface area contributed by atoms with Gasteiger partial charge in [0, 0.05) is 11.4 Å². The number of benzene rings is 2. The van der Waals surface area contributed by atoms with Gasteiger partial charge in [-0.2, -0.15) is 5.26 Å². The van der Waals surface area contributed by atoms with Crippen molar-refractivity contribution >= 4 is 35.0 Å². The number of methoxy groups -OCH3 is 1. The van der Waals surface area contributed by atoms with E-state index >= 15 is 0 Å². The molecule has 1 aromatic heterocycles. The van der Waals surface area contributed by atoms with E-state index in [1.165, 1.54) is 25.1 Å². The monoisotopic (exact) mass is 528 g/mol. The number of para-hydroxylation sites is 2. The van der Waals surface area contributed by atoms with Crippen LogP contribution in [0.4, 0.5) is 11.4 Å². The van der Waals surface area contributed by atoms with Crippen LogP contribution in [0.3, 0.4) is 0 Å². The number of nitriles is 1. The summed E-state index contributed by atoms with van der Waals surface area (Å²) in [5.74, 6) is -0.322. The molecule has 0 unspecified atom stereocenters. The Labute approximate surface area is 225 Å². The highest BCUT2D eigenvalue weighted by molar-refractivity contribution is 8.03. The Hall–Kier alpha value is -4.42. The summed E-state index contributed by atoms with van der Waals surface area (Å²) in [4.78, 5) is 26.3.